The van der Waals surface area contributed by atoms with Crippen molar-refractivity contribution in [1.82, 2.24) is 0 Å². The van der Waals surface area contributed by atoms with Gasteiger partial charge < -0.3 is 9.47 Å². The van der Waals surface area contributed by atoms with Gasteiger partial charge in [-0.3, -0.25) is 9.59 Å². The van der Waals surface area contributed by atoms with E-state index in [9.17, 15) is 9.59 Å². The molecular formula is C19H22O4. The first-order valence-electron chi connectivity index (χ1n) is 8.25. The minimum Gasteiger partial charge on any atom is -0.465 e. The van der Waals surface area contributed by atoms with Gasteiger partial charge in [0.15, 0.2) is 5.41 Å². The molecule has 0 radical (unpaired) electrons. The number of allylic oxidation sites excluding steroid dienone is 7. The van der Waals surface area contributed by atoms with Crippen LogP contribution >= 0.6 is 0 Å². The monoisotopic (exact) mass is 314 g/mol. The lowest BCUT2D eigenvalue weighted by Gasteiger charge is -2.37. The summed E-state index contributed by atoms with van der Waals surface area (Å²) in [6.45, 7) is 3.99. The van der Waals surface area contributed by atoms with Crippen LogP contribution in [0.15, 0.2) is 47.6 Å². The number of hydrogen-bond donors (Lipinski definition) is 0. The van der Waals surface area contributed by atoms with Gasteiger partial charge in [-0.05, 0) is 43.8 Å². The summed E-state index contributed by atoms with van der Waals surface area (Å²) in [7, 11) is 0. The lowest BCUT2D eigenvalue weighted by molar-refractivity contribution is -0.171. The van der Waals surface area contributed by atoms with Crippen molar-refractivity contribution in [2.75, 3.05) is 13.2 Å². The van der Waals surface area contributed by atoms with Gasteiger partial charge in [-0.2, -0.15) is 0 Å². The maximum Gasteiger partial charge on any atom is 0.328 e. The number of carbonyl (C=O) groups is 2. The second-order valence-electron chi connectivity index (χ2n) is 6.10. The van der Waals surface area contributed by atoms with E-state index >= 15 is 0 Å². The molecule has 0 heterocycles. The molecular weight excluding hydrogens is 292 g/mol. The third-order valence-electron chi connectivity index (χ3n) is 4.85. The summed E-state index contributed by atoms with van der Waals surface area (Å²) in [4.78, 5) is 25.9. The van der Waals surface area contributed by atoms with E-state index in [0.717, 1.165) is 24.0 Å². The third kappa shape index (κ3) is 2.37. The molecule has 0 saturated heterocycles. The van der Waals surface area contributed by atoms with Crippen molar-refractivity contribution in [3.63, 3.8) is 0 Å². The summed E-state index contributed by atoms with van der Waals surface area (Å²) in [6.07, 6.45) is 13.5. The van der Waals surface area contributed by atoms with Gasteiger partial charge in [0.25, 0.3) is 0 Å². The van der Waals surface area contributed by atoms with Crippen LogP contribution in [0.4, 0.5) is 0 Å². The fourth-order valence-corrected chi connectivity index (χ4v) is 3.90. The molecule has 4 rings (SSSR count). The Labute approximate surface area is 136 Å². The Morgan fingerprint density at radius 3 is 2.43 bits per heavy atom. The second-order valence-corrected chi connectivity index (χ2v) is 6.10. The maximum atomic E-state index is 12.9. The zero-order valence-corrected chi connectivity index (χ0v) is 13.6. The first-order chi connectivity index (χ1) is 11.1. The maximum absolute atomic E-state index is 12.9. The Morgan fingerprint density at radius 2 is 1.78 bits per heavy atom. The van der Waals surface area contributed by atoms with E-state index < -0.39 is 17.4 Å². The minimum atomic E-state index is -1.37. The molecule has 0 amide bonds. The average Bonchev–Trinajstić information content (AvgIpc) is 2.76. The predicted octanol–water partition coefficient (Wildman–Crippen LogP) is 3.12. The van der Waals surface area contributed by atoms with E-state index in [-0.39, 0.29) is 19.1 Å². The zero-order valence-electron chi connectivity index (χ0n) is 13.6. The van der Waals surface area contributed by atoms with Crippen LogP contribution in [0.3, 0.4) is 0 Å². The molecule has 2 atom stereocenters. The summed E-state index contributed by atoms with van der Waals surface area (Å²) < 4.78 is 10.7. The van der Waals surface area contributed by atoms with Crippen molar-refractivity contribution >= 4 is 11.9 Å². The Kier molecular flexibility index (Phi) is 4.24. The fraction of sp³-hybridized carbons (Fsp3) is 0.474. The van der Waals surface area contributed by atoms with Gasteiger partial charge >= 0.3 is 11.9 Å². The second kappa shape index (κ2) is 6.19. The molecule has 2 unspecified atom stereocenters. The van der Waals surface area contributed by atoms with Crippen LogP contribution in [0.5, 0.6) is 0 Å². The highest BCUT2D eigenvalue weighted by Gasteiger charge is 2.59. The molecule has 4 aliphatic carbocycles. The predicted molar refractivity (Wildman–Crippen MR) is 86.4 cm³/mol. The molecule has 0 N–H and O–H groups in total. The minimum absolute atomic E-state index is 0.237. The number of ether oxygens (including phenoxy) is 2. The highest BCUT2D eigenvalue weighted by molar-refractivity contribution is 6.05. The Balaban J connectivity index is 2.20. The normalized spacial score (nSPS) is 29.5. The van der Waals surface area contributed by atoms with Gasteiger partial charge in [-0.1, -0.05) is 36.5 Å². The standard InChI is InChI=1S/C19H22O4/c1-3-22-17(20)19(18(21)23-4-2)15-10-9-14-11-13(12-15)7-5-6-8-16(14)19/h5-10,13,15H,3-4,11-12H2,1-2H3/b7-5-,8-6-. The Hall–Kier alpha value is -2.10. The molecule has 0 fully saturated rings. The van der Waals surface area contributed by atoms with Crippen molar-refractivity contribution in [3.05, 3.63) is 47.6 Å². The molecule has 4 aliphatic rings. The molecule has 4 nitrogen and oxygen atoms in total. The van der Waals surface area contributed by atoms with Crippen LogP contribution in [0, 0.1) is 17.3 Å². The Morgan fingerprint density at radius 1 is 1.09 bits per heavy atom. The van der Waals surface area contributed by atoms with Gasteiger partial charge in [-0.25, -0.2) is 0 Å². The van der Waals surface area contributed by atoms with E-state index in [0.29, 0.717) is 5.92 Å². The van der Waals surface area contributed by atoms with Crippen LogP contribution in [0.2, 0.25) is 0 Å². The van der Waals surface area contributed by atoms with Gasteiger partial charge in [0.2, 0.25) is 0 Å². The van der Waals surface area contributed by atoms with E-state index in [1.807, 2.05) is 24.3 Å². The van der Waals surface area contributed by atoms with Crippen LogP contribution in [0.25, 0.3) is 0 Å². The fourth-order valence-electron chi connectivity index (χ4n) is 3.90. The van der Waals surface area contributed by atoms with Crippen molar-refractivity contribution in [1.29, 1.82) is 0 Å². The largest absolute Gasteiger partial charge is 0.465 e. The van der Waals surface area contributed by atoms with Gasteiger partial charge in [0.05, 0.1) is 13.2 Å². The lowest BCUT2D eigenvalue weighted by atomic mass is 9.65. The summed E-state index contributed by atoms with van der Waals surface area (Å²) in [6, 6.07) is 0. The number of esters is 2. The van der Waals surface area contributed by atoms with Crippen LogP contribution in [0.1, 0.15) is 26.7 Å². The number of carbonyl (C=O) groups excluding carboxylic acids is 2. The molecule has 4 bridgehead atoms. The SMILES string of the molecule is CCOC(=O)C1(C(=O)OCC)C2=C3C=CC1CC(/C=C\C=C/2)C3. The molecule has 0 aromatic carbocycles. The highest BCUT2D eigenvalue weighted by atomic mass is 16.6. The van der Waals surface area contributed by atoms with Crippen molar-refractivity contribution in [2.24, 2.45) is 17.3 Å². The molecule has 0 aromatic heterocycles. The van der Waals surface area contributed by atoms with E-state index in [1.54, 1.807) is 13.8 Å². The summed E-state index contributed by atoms with van der Waals surface area (Å²) in [5.74, 6) is -0.907. The van der Waals surface area contributed by atoms with Gasteiger partial charge in [0.1, 0.15) is 0 Å². The molecule has 0 spiro atoms. The van der Waals surface area contributed by atoms with E-state index in [2.05, 4.69) is 12.2 Å². The molecule has 23 heavy (non-hydrogen) atoms. The van der Waals surface area contributed by atoms with Crippen molar-refractivity contribution in [3.8, 4) is 0 Å². The molecule has 122 valence electrons. The summed E-state index contributed by atoms with van der Waals surface area (Å²) in [5, 5.41) is 0. The van der Waals surface area contributed by atoms with Crippen LogP contribution < -0.4 is 0 Å². The smallest absolute Gasteiger partial charge is 0.328 e. The molecule has 0 saturated carbocycles. The quantitative estimate of drug-likeness (QED) is 0.591. The van der Waals surface area contributed by atoms with Crippen LogP contribution in [-0.2, 0) is 19.1 Å². The number of rotatable bonds is 4. The molecule has 0 aromatic rings. The summed E-state index contributed by atoms with van der Waals surface area (Å²) in [5.41, 5.74) is 0.409. The van der Waals surface area contributed by atoms with Crippen molar-refractivity contribution in [2.45, 2.75) is 26.7 Å². The lowest BCUT2D eigenvalue weighted by Crippen LogP contribution is -2.49. The first-order valence-corrected chi connectivity index (χ1v) is 8.25. The van der Waals surface area contributed by atoms with Gasteiger partial charge in [-0.15, -0.1) is 0 Å². The third-order valence-corrected chi connectivity index (χ3v) is 4.85. The highest BCUT2D eigenvalue weighted by Crippen LogP contribution is 2.52. The summed E-state index contributed by atoms with van der Waals surface area (Å²) >= 11 is 0. The van der Waals surface area contributed by atoms with Crippen LogP contribution in [-0.4, -0.2) is 25.2 Å². The van der Waals surface area contributed by atoms with Crippen molar-refractivity contribution < 1.29 is 19.1 Å². The molecule has 0 aliphatic heterocycles. The zero-order chi connectivity index (χ0) is 16.4. The topological polar surface area (TPSA) is 52.6 Å². The van der Waals surface area contributed by atoms with E-state index in [4.69, 9.17) is 9.47 Å². The number of hydrogen-bond acceptors (Lipinski definition) is 4. The van der Waals surface area contributed by atoms with E-state index in [1.165, 1.54) is 0 Å². The molecule has 4 heteroatoms. The average molecular weight is 314 g/mol. The Bertz CT molecular complexity index is 618. The first kappa shape index (κ1) is 15.8. The van der Waals surface area contributed by atoms with Gasteiger partial charge in [0, 0.05) is 5.92 Å².